The summed E-state index contributed by atoms with van der Waals surface area (Å²) >= 11 is 3.43. The van der Waals surface area contributed by atoms with Crippen LogP contribution in [0.5, 0.6) is 0 Å². The van der Waals surface area contributed by atoms with Crippen LogP contribution < -0.4 is 5.32 Å². The maximum atomic E-state index is 12.6. The van der Waals surface area contributed by atoms with Crippen molar-refractivity contribution in [3.8, 4) is 11.3 Å². The molecular formula is C21H17BrN4O2. The monoisotopic (exact) mass is 436 g/mol. The first-order valence-corrected chi connectivity index (χ1v) is 9.53. The first kappa shape index (κ1) is 18.2. The fourth-order valence-corrected chi connectivity index (χ4v) is 3.16. The fourth-order valence-electron chi connectivity index (χ4n) is 2.90. The summed E-state index contributed by atoms with van der Waals surface area (Å²) in [7, 11) is 0. The summed E-state index contributed by atoms with van der Waals surface area (Å²) in [5.41, 5.74) is 3.46. The van der Waals surface area contributed by atoms with Gasteiger partial charge >= 0.3 is 6.09 Å². The van der Waals surface area contributed by atoms with Crippen LogP contribution in [0.15, 0.2) is 77.5 Å². The van der Waals surface area contributed by atoms with Gasteiger partial charge < -0.3 is 4.74 Å². The normalized spacial score (nSPS) is 11.9. The third-order valence-electron chi connectivity index (χ3n) is 4.29. The highest BCUT2D eigenvalue weighted by Crippen LogP contribution is 2.31. The van der Waals surface area contributed by atoms with Crippen molar-refractivity contribution in [3.05, 3.63) is 83.1 Å². The molecule has 2 aromatic heterocycles. The molecule has 0 bridgehead atoms. The molecule has 140 valence electrons. The van der Waals surface area contributed by atoms with Crippen molar-refractivity contribution in [1.82, 2.24) is 14.6 Å². The molecule has 0 aliphatic rings. The van der Waals surface area contributed by atoms with Crippen molar-refractivity contribution in [1.29, 1.82) is 0 Å². The molecule has 0 aliphatic heterocycles. The number of aromatic nitrogens is 3. The smallest absolute Gasteiger partial charge is 0.412 e. The molecule has 1 N–H and O–H groups in total. The molecule has 7 heteroatoms. The molecule has 2 heterocycles. The van der Waals surface area contributed by atoms with Crippen molar-refractivity contribution >= 4 is 33.4 Å². The van der Waals surface area contributed by atoms with E-state index >= 15 is 0 Å². The number of rotatable bonds is 4. The van der Waals surface area contributed by atoms with Gasteiger partial charge in [-0.3, -0.25) is 5.32 Å². The molecule has 0 saturated heterocycles. The summed E-state index contributed by atoms with van der Waals surface area (Å²) in [4.78, 5) is 16.9. The molecule has 0 aliphatic carbocycles. The van der Waals surface area contributed by atoms with Crippen LogP contribution in [0, 0.1) is 0 Å². The van der Waals surface area contributed by atoms with Crippen molar-refractivity contribution in [3.63, 3.8) is 0 Å². The van der Waals surface area contributed by atoms with Gasteiger partial charge in [0.05, 0.1) is 0 Å². The van der Waals surface area contributed by atoms with E-state index in [1.54, 1.807) is 23.0 Å². The molecule has 0 radical (unpaired) electrons. The molecule has 6 nitrogen and oxygen atoms in total. The maximum absolute atomic E-state index is 12.6. The molecule has 28 heavy (non-hydrogen) atoms. The number of ether oxygens (including phenoxy) is 1. The van der Waals surface area contributed by atoms with Gasteiger partial charge in [-0.2, -0.15) is 5.10 Å². The molecule has 4 aromatic rings. The molecule has 2 aromatic carbocycles. The van der Waals surface area contributed by atoms with E-state index < -0.39 is 6.09 Å². The van der Waals surface area contributed by atoms with E-state index in [9.17, 15) is 4.79 Å². The van der Waals surface area contributed by atoms with Crippen LogP contribution >= 0.6 is 15.9 Å². The summed E-state index contributed by atoms with van der Waals surface area (Å²) in [5, 5.41) is 7.40. The average molecular weight is 437 g/mol. The minimum absolute atomic E-state index is 0.382. The van der Waals surface area contributed by atoms with Crippen LogP contribution in [0.1, 0.15) is 18.6 Å². The third-order valence-corrected chi connectivity index (χ3v) is 4.82. The minimum Gasteiger partial charge on any atom is -0.441 e. The topological polar surface area (TPSA) is 68.5 Å². The lowest BCUT2D eigenvalue weighted by atomic mass is 10.1. The number of nitrogens with zero attached hydrogens (tertiary/aromatic N) is 3. The highest BCUT2D eigenvalue weighted by Gasteiger charge is 2.20. The van der Waals surface area contributed by atoms with Gasteiger partial charge in [0, 0.05) is 22.4 Å². The van der Waals surface area contributed by atoms with Gasteiger partial charge in [0.1, 0.15) is 17.5 Å². The van der Waals surface area contributed by atoms with Crippen LogP contribution in [0.25, 0.3) is 16.9 Å². The Labute approximate surface area is 170 Å². The van der Waals surface area contributed by atoms with Crippen LogP contribution in [-0.2, 0) is 4.74 Å². The molecule has 0 fully saturated rings. The summed E-state index contributed by atoms with van der Waals surface area (Å²) in [6.45, 7) is 1.83. The number of fused-ring (bicyclic) bond motifs is 1. The summed E-state index contributed by atoms with van der Waals surface area (Å²) in [6, 6.07) is 19.1. The lowest BCUT2D eigenvalue weighted by molar-refractivity contribution is 0.121. The molecule has 0 spiro atoms. The van der Waals surface area contributed by atoms with Crippen LogP contribution in [0.2, 0.25) is 0 Å². The van der Waals surface area contributed by atoms with Crippen LogP contribution in [-0.4, -0.2) is 20.7 Å². The van der Waals surface area contributed by atoms with Crippen molar-refractivity contribution in [2.45, 2.75) is 13.0 Å². The first-order valence-electron chi connectivity index (χ1n) is 8.73. The second-order valence-electron chi connectivity index (χ2n) is 6.20. The summed E-state index contributed by atoms with van der Waals surface area (Å²) < 4.78 is 8.14. The van der Waals surface area contributed by atoms with Gasteiger partial charge in [0.25, 0.3) is 0 Å². The number of carbonyl (C=O) groups is 1. The zero-order valence-electron chi connectivity index (χ0n) is 15.0. The maximum Gasteiger partial charge on any atom is 0.412 e. The second kappa shape index (κ2) is 7.82. The predicted octanol–water partition coefficient (Wildman–Crippen LogP) is 5.47. The number of benzene rings is 2. The standard InChI is InChI=1S/C21H17BrN4O2/c1-14(15-6-3-2-4-7-15)28-21(27)24-19-18(16-8-10-17(22)11-9-16)25-26-13-5-12-23-20(19)26/h2-14H,1H3,(H,24,27). The number of anilines is 1. The minimum atomic E-state index is -0.560. The highest BCUT2D eigenvalue weighted by molar-refractivity contribution is 9.10. The summed E-state index contributed by atoms with van der Waals surface area (Å²) in [5.74, 6) is 0. The number of nitrogens with one attached hydrogen (secondary N) is 1. The third kappa shape index (κ3) is 3.75. The Morgan fingerprint density at radius 3 is 2.61 bits per heavy atom. The van der Waals surface area contributed by atoms with E-state index in [1.165, 1.54) is 0 Å². The fraction of sp³-hybridized carbons (Fsp3) is 0.0952. The van der Waals surface area contributed by atoms with Crippen molar-refractivity contribution < 1.29 is 9.53 Å². The number of hydrogen-bond donors (Lipinski definition) is 1. The molecular weight excluding hydrogens is 420 g/mol. The Bertz CT molecular complexity index is 1110. The number of amides is 1. The largest absolute Gasteiger partial charge is 0.441 e. The SMILES string of the molecule is CC(OC(=O)Nc1c(-c2ccc(Br)cc2)nn2cccnc12)c1ccccc1. The summed E-state index contributed by atoms with van der Waals surface area (Å²) in [6.07, 6.45) is 2.50. The Balaban J connectivity index is 1.64. The highest BCUT2D eigenvalue weighted by atomic mass is 79.9. The Morgan fingerprint density at radius 1 is 1.11 bits per heavy atom. The van der Waals surface area contributed by atoms with Gasteiger partial charge in [-0.1, -0.05) is 58.4 Å². The first-order chi connectivity index (χ1) is 13.6. The van der Waals surface area contributed by atoms with E-state index in [2.05, 4.69) is 31.3 Å². The zero-order chi connectivity index (χ0) is 19.5. The van der Waals surface area contributed by atoms with Gasteiger partial charge in [0.2, 0.25) is 0 Å². The zero-order valence-corrected chi connectivity index (χ0v) is 16.6. The lowest BCUT2D eigenvalue weighted by Crippen LogP contribution is -2.16. The van der Waals surface area contributed by atoms with Crippen LogP contribution in [0.3, 0.4) is 0 Å². The quantitative estimate of drug-likeness (QED) is 0.460. The van der Waals surface area contributed by atoms with Crippen LogP contribution in [0.4, 0.5) is 10.5 Å². The number of halogens is 1. The van der Waals surface area contributed by atoms with Gasteiger partial charge in [-0.15, -0.1) is 0 Å². The molecule has 1 unspecified atom stereocenters. The molecule has 0 saturated carbocycles. The van der Waals surface area contributed by atoms with E-state index in [4.69, 9.17) is 4.74 Å². The van der Waals surface area contributed by atoms with E-state index in [0.717, 1.165) is 15.6 Å². The van der Waals surface area contributed by atoms with Crippen molar-refractivity contribution in [2.75, 3.05) is 5.32 Å². The Kier molecular flexibility index (Phi) is 5.08. The van der Waals surface area contributed by atoms with E-state index in [-0.39, 0.29) is 6.10 Å². The number of carbonyl (C=O) groups excluding carboxylic acids is 1. The van der Waals surface area contributed by atoms with E-state index in [0.29, 0.717) is 17.0 Å². The Hall–Kier alpha value is -3.19. The van der Waals surface area contributed by atoms with E-state index in [1.807, 2.05) is 61.5 Å². The van der Waals surface area contributed by atoms with Gasteiger partial charge in [-0.25, -0.2) is 14.3 Å². The predicted molar refractivity (Wildman–Crippen MR) is 111 cm³/mol. The number of hydrogen-bond acceptors (Lipinski definition) is 4. The van der Waals surface area contributed by atoms with Gasteiger partial charge in [0.15, 0.2) is 5.65 Å². The molecule has 1 amide bonds. The second-order valence-corrected chi connectivity index (χ2v) is 7.12. The molecule has 4 rings (SSSR count). The van der Waals surface area contributed by atoms with Crippen molar-refractivity contribution in [2.24, 2.45) is 0 Å². The average Bonchev–Trinajstić information content (AvgIpc) is 3.07. The van der Waals surface area contributed by atoms with Gasteiger partial charge in [-0.05, 0) is 30.7 Å². The Morgan fingerprint density at radius 2 is 1.86 bits per heavy atom. The lowest BCUT2D eigenvalue weighted by Gasteiger charge is -2.14. The molecule has 1 atom stereocenters.